The lowest BCUT2D eigenvalue weighted by atomic mass is 10.0. The zero-order valence-corrected chi connectivity index (χ0v) is 9.90. The first-order chi connectivity index (χ1) is 6.61. The highest BCUT2D eigenvalue weighted by Gasteiger charge is 1.99. The third kappa shape index (κ3) is 3.46. The molecule has 0 saturated heterocycles. The number of aromatic nitrogens is 1. The lowest BCUT2D eigenvalue weighted by molar-refractivity contribution is 0.721. The fraction of sp³-hybridized carbons (Fsp3) is 0.417. The molecule has 2 heteroatoms. The van der Waals surface area contributed by atoms with Gasteiger partial charge in [-0.15, -0.1) is 17.9 Å². The lowest BCUT2D eigenvalue weighted by Gasteiger charge is -2.04. The van der Waals surface area contributed by atoms with Crippen molar-refractivity contribution in [2.45, 2.75) is 27.2 Å². The second-order valence-electron chi connectivity index (χ2n) is 3.70. The maximum atomic E-state index is 4.40. The fourth-order valence-corrected chi connectivity index (χ4v) is 1.92. The second-order valence-corrected chi connectivity index (χ2v) is 4.76. The van der Waals surface area contributed by atoms with E-state index in [1.54, 1.807) is 11.3 Å². The van der Waals surface area contributed by atoms with E-state index in [-0.39, 0.29) is 0 Å². The summed E-state index contributed by atoms with van der Waals surface area (Å²) in [5.41, 5.74) is 2.45. The molecule has 0 bridgehead atoms. The molecule has 76 valence electrons. The Balaban J connectivity index is 2.64. The largest absolute Gasteiger partial charge is 0.242 e. The molecule has 0 fully saturated rings. The van der Waals surface area contributed by atoms with Crippen molar-refractivity contribution in [3.8, 4) is 0 Å². The standard InChI is InChI=1S/C12H17NS/c1-5-9(2)6-10(3)7-12-8-14-11(4)13-12/h5,7-9H,1,6H2,2-4H3/b10-7+. The molecule has 0 aliphatic carbocycles. The van der Waals surface area contributed by atoms with Crippen molar-refractivity contribution in [3.63, 3.8) is 0 Å². The number of allylic oxidation sites excluding steroid dienone is 2. The van der Waals surface area contributed by atoms with Crippen molar-refractivity contribution in [1.82, 2.24) is 4.98 Å². The third-order valence-corrected chi connectivity index (χ3v) is 2.87. The lowest BCUT2D eigenvalue weighted by Crippen LogP contribution is -1.89. The van der Waals surface area contributed by atoms with Crippen LogP contribution in [0.25, 0.3) is 6.08 Å². The summed E-state index contributed by atoms with van der Waals surface area (Å²) in [5, 5.41) is 3.22. The predicted molar refractivity (Wildman–Crippen MR) is 64.5 cm³/mol. The van der Waals surface area contributed by atoms with Gasteiger partial charge in [0, 0.05) is 5.38 Å². The Bertz CT molecular complexity index is 336. The van der Waals surface area contributed by atoms with Crippen LogP contribution >= 0.6 is 11.3 Å². The SMILES string of the molecule is C=CC(C)C/C(C)=C/c1csc(C)n1. The number of nitrogens with zero attached hydrogens (tertiary/aromatic N) is 1. The van der Waals surface area contributed by atoms with Gasteiger partial charge in [-0.1, -0.05) is 18.6 Å². The Kier molecular flexibility index (Phi) is 4.08. The highest BCUT2D eigenvalue weighted by atomic mass is 32.1. The van der Waals surface area contributed by atoms with Crippen LogP contribution in [0.2, 0.25) is 0 Å². The first-order valence-electron chi connectivity index (χ1n) is 4.83. The second kappa shape index (κ2) is 5.11. The quantitative estimate of drug-likeness (QED) is 0.678. The van der Waals surface area contributed by atoms with Gasteiger partial charge in [0.25, 0.3) is 0 Å². The zero-order valence-electron chi connectivity index (χ0n) is 9.08. The number of thiazole rings is 1. The Morgan fingerprint density at radius 3 is 2.93 bits per heavy atom. The summed E-state index contributed by atoms with van der Waals surface area (Å²) in [6.07, 6.45) is 5.22. The highest BCUT2D eigenvalue weighted by Crippen LogP contribution is 2.16. The summed E-state index contributed by atoms with van der Waals surface area (Å²) in [6, 6.07) is 0. The van der Waals surface area contributed by atoms with E-state index in [4.69, 9.17) is 0 Å². The molecule has 1 rings (SSSR count). The molecule has 0 saturated carbocycles. The van der Waals surface area contributed by atoms with E-state index in [2.05, 4.69) is 36.9 Å². The van der Waals surface area contributed by atoms with E-state index in [1.807, 2.05) is 13.0 Å². The minimum Gasteiger partial charge on any atom is -0.242 e. The molecule has 0 spiro atoms. The molecule has 0 aliphatic rings. The summed E-state index contributed by atoms with van der Waals surface area (Å²) in [6.45, 7) is 10.1. The maximum Gasteiger partial charge on any atom is 0.0901 e. The van der Waals surface area contributed by atoms with E-state index in [0.29, 0.717) is 5.92 Å². The molecule has 0 N–H and O–H groups in total. The van der Waals surface area contributed by atoms with Crippen LogP contribution in [-0.2, 0) is 0 Å². The van der Waals surface area contributed by atoms with Gasteiger partial charge in [-0.2, -0.15) is 0 Å². The zero-order chi connectivity index (χ0) is 10.6. The third-order valence-electron chi connectivity index (χ3n) is 2.08. The Hall–Kier alpha value is -0.890. The van der Waals surface area contributed by atoms with Crippen LogP contribution in [0.4, 0.5) is 0 Å². The Labute approximate surface area is 90.2 Å². The van der Waals surface area contributed by atoms with Crippen molar-refractivity contribution in [2.75, 3.05) is 0 Å². The first-order valence-corrected chi connectivity index (χ1v) is 5.71. The molecule has 1 nitrogen and oxygen atoms in total. The van der Waals surface area contributed by atoms with Gasteiger partial charge in [0.1, 0.15) is 0 Å². The van der Waals surface area contributed by atoms with Crippen LogP contribution < -0.4 is 0 Å². The maximum absolute atomic E-state index is 4.40. The topological polar surface area (TPSA) is 12.9 Å². The van der Waals surface area contributed by atoms with Crippen LogP contribution in [0, 0.1) is 12.8 Å². The molecule has 14 heavy (non-hydrogen) atoms. The summed E-state index contributed by atoms with van der Waals surface area (Å²) in [4.78, 5) is 4.40. The van der Waals surface area contributed by atoms with Crippen LogP contribution in [-0.4, -0.2) is 4.98 Å². The van der Waals surface area contributed by atoms with Gasteiger partial charge in [0.05, 0.1) is 10.7 Å². The molecule has 0 aliphatic heterocycles. The summed E-state index contributed by atoms with van der Waals surface area (Å²) >= 11 is 1.70. The fourth-order valence-electron chi connectivity index (χ4n) is 1.35. The predicted octanol–water partition coefficient (Wildman–Crippen LogP) is 4.07. The molecule has 0 aromatic carbocycles. The van der Waals surface area contributed by atoms with Gasteiger partial charge < -0.3 is 0 Å². The van der Waals surface area contributed by atoms with Crippen molar-refractivity contribution in [3.05, 3.63) is 34.3 Å². The van der Waals surface area contributed by atoms with E-state index in [0.717, 1.165) is 17.1 Å². The van der Waals surface area contributed by atoms with Crippen molar-refractivity contribution in [2.24, 2.45) is 5.92 Å². The van der Waals surface area contributed by atoms with E-state index >= 15 is 0 Å². The van der Waals surface area contributed by atoms with E-state index in [9.17, 15) is 0 Å². The normalized spacial score (nSPS) is 14.1. The Morgan fingerprint density at radius 1 is 1.71 bits per heavy atom. The Morgan fingerprint density at radius 2 is 2.43 bits per heavy atom. The number of rotatable bonds is 4. The van der Waals surface area contributed by atoms with Gasteiger partial charge >= 0.3 is 0 Å². The first kappa shape index (κ1) is 11.2. The van der Waals surface area contributed by atoms with Crippen LogP contribution in [0.15, 0.2) is 23.6 Å². The number of hydrogen-bond donors (Lipinski definition) is 0. The molecule has 1 heterocycles. The van der Waals surface area contributed by atoms with Gasteiger partial charge in [0.2, 0.25) is 0 Å². The average Bonchev–Trinajstić information content (AvgIpc) is 2.50. The van der Waals surface area contributed by atoms with Crippen molar-refractivity contribution in [1.29, 1.82) is 0 Å². The number of hydrogen-bond acceptors (Lipinski definition) is 2. The summed E-state index contributed by atoms with van der Waals surface area (Å²) in [7, 11) is 0. The monoisotopic (exact) mass is 207 g/mol. The summed E-state index contributed by atoms with van der Waals surface area (Å²) < 4.78 is 0. The van der Waals surface area contributed by atoms with Gasteiger partial charge in [-0.3, -0.25) is 0 Å². The minimum atomic E-state index is 0.547. The highest BCUT2D eigenvalue weighted by molar-refractivity contribution is 7.09. The molecule has 1 aromatic heterocycles. The molecular weight excluding hydrogens is 190 g/mol. The van der Waals surface area contributed by atoms with Crippen LogP contribution in [0.1, 0.15) is 31.0 Å². The molecule has 0 radical (unpaired) electrons. The van der Waals surface area contributed by atoms with Gasteiger partial charge in [0.15, 0.2) is 0 Å². The van der Waals surface area contributed by atoms with Crippen molar-refractivity contribution >= 4 is 17.4 Å². The molecule has 1 aromatic rings. The molecular formula is C12H17NS. The molecule has 1 atom stereocenters. The number of aryl methyl sites for hydroxylation is 1. The van der Waals surface area contributed by atoms with Gasteiger partial charge in [-0.25, -0.2) is 4.98 Å². The minimum absolute atomic E-state index is 0.547. The average molecular weight is 207 g/mol. The molecule has 0 amide bonds. The van der Waals surface area contributed by atoms with E-state index in [1.165, 1.54) is 5.57 Å². The molecule has 1 unspecified atom stereocenters. The van der Waals surface area contributed by atoms with E-state index < -0.39 is 0 Å². The van der Waals surface area contributed by atoms with Crippen LogP contribution in [0.3, 0.4) is 0 Å². The summed E-state index contributed by atoms with van der Waals surface area (Å²) in [5.74, 6) is 0.547. The van der Waals surface area contributed by atoms with Crippen molar-refractivity contribution < 1.29 is 0 Å². The van der Waals surface area contributed by atoms with Gasteiger partial charge in [-0.05, 0) is 32.3 Å². The smallest absolute Gasteiger partial charge is 0.0901 e. The van der Waals surface area contributed by atoms with Crippen LogP contribution in [0.5, 0.6) is 0 Å².